The number of nitrogens with one attached hydrogen (secondary N) is 3. The molecule has 11 heteroatoms. The van der Waals surface area contributed by atoms with Crippen molar-refractivity contribution in [2.45, 2.75) is 39.4 Å². The number of anilines is 3. The summed E-state index contributed by atoms with van der Waals surface area (Å²) in [6.45, 7) is 6.92. The molecule has 0 saturated carbocycles. The average Bonchev–Trinajstić information content (AvgIpc) is 3.07. The van der Waals surface area contributed by atoms with E-state index >= 15 is 0 Å². The zero-order valence-corrected chi connectivity index (χ0v) is 18.9. The maximum atomic E-state index is 12.3. The van der Waals surface area contributed by atoms with Crippen molar-refractivity contribution in [3.63, 3.8) is 0 Å². The quantitative estimate of drug-likeness (QED) is 0.503. The summed E-state index contributed by atoms with van der Waals surface area (Å²) in [5, 5.41) is 8.60. The molecule has 9 nitrogen and oxygen atoms in total. The van der Waals surface area contributed by atoms with E-state index in [4.69, 9.17) is 4.52 Å². The molecule has 0 bridgehead atoms. The van der Waals surface area contributed by atoms with Crippen LogP contribution >= 0.6 is 11.8 Å². The van der Waals surface area contributed by atoms with Crippen LogP contribution in [0, 0.1) is 13.8 Å². The second-order valence-electron chi connectivity index (χ2n) is 6.71. The van der Waals surface area contributed by atoms with E-state index in [0.29, 0.717) is 34.9 Å². The molecular weight excluding hydrogens is 428 g/mol. The van der Waals surface area contributed by atoms with E-state index < -0.39 is 15.3 Å². The minimum Gasteiger partial charge on any atom is -0.360 e. The number of carbonyl (C=O) groups is 2. The molecule has 0 saturated heterocycles. The number of benzene rings is 1. The van der Waals surface area contributed by atoms with Crippen LogP contribution < -0.4 is 15.4 Å². The van der Waals surface area contributed by atoms with Gasteiger partial charge in [-0.1, -0.05) is 18.1 Å². The number of hydrogen-bond donors (Lipinski definition) is 3. The molecule has 0 aliphatic heterocycles. The second-order valence-corrected chi connectivity index (χ2v) is 9.88. The van der Waals surface area contributed by atoms with Crippen molar-refractivity contribution in [1.29, 1.82) is 0 Å². The van der Waals surface area contributed by atoms with E-state index in [1.165, 1.54) is 11.8 Å². The Morgan fingerprint density at radius 1 is 1.20 bits per heavy atom. The number of sulfonamides is 1. The zero-order chi connectivity index (χ0) is 22.3. The fourth-order valence-electron chi connectivity index (χ4n) is 2.48. The number of amides is 2. The number of aromatic nitrogens is 1. The first-order valence-corrected chi connectivity index (χ1v) is 12.1. The Labute approximate surface area is 180 Å². The summed E-state index contributed by atoms with van der Waals surface area (Å²) in [6.07, 6.45) is 0.504. The fourth-order valence-corrected chi connectivity index (χ4v) is 4.36. The van der Waals surface area contributed by atoms with Gasteiger partial charge in [0.15, 0.2) is 5.82 Å². The molecule has 0 radical (unpaired) electrons. The monoisotopic (exact) mass is 454 g/mol. The van der Waals surface area contributed by atoms with Crippen LogP contribution in [0.25, 0.3) is 0 Å². The minimum atomic E-state index is -3.43. The van der Waals surface area contributed by atoms with Crippen LogP contribution in [-0.2, 0) is 19.6 Å². The maximum absolute atomic E-state index is 12.3. The van der Waals surface area contributed by atoms with Crippen LogP contribution in [0.15, 0.2) is 28.8 Å². The third kappa shape index (κ3) is 7.06. The highest BCUT2D eigenvalue weighted by molar-refractivity contribution is 8.01. The summed E-state index contributed by atoms with van der Waals surface area (Å²) in [5.41, 5.74) is 1.54. The van der Waals surface area contributed by atoms with Crippen molar-refractivity contribution in [2.24, 2.45) is 0 Å². The Morgan fingerprint density at radius 3 is 2.53 bits per heavy atom. The van der Waals surface area contributed by atoms with Gasteiger partial charge in [-0.25, -0.2) is 8.42 Å². The van der Waals surface area contributed by atoms with E-state index in [-0.39, 0.29) is 23.3 Å². The van der Waals surface area contributed by atoms with Gasteiger partial charge in [0, 0.05) is 11.8 Å². The third-order valence-electron chi connectivity index (χ3n) is 4.06. The highest BCUT2D eigenvalue weighted by Crippen LogP contribution is 2.25. The zero-order valence-electron chi connectivity index (χ0n) is 17.3. The molecule has 0 aliphatic carbocycles. The highest BCUT2D eigenvalue weighted by Gasteiger charge is 2.18. The molecule has 1 atom stereocenters. The van der Waals surface area contributed by atoms with E-state index in [2.05, 4.69) is 20.5 Å². The molecule has 0 aliphatic rings. The lowest BCUT2D eigenvalue weighted by molar-refractivity contribution is -0.115. The number of rotatable bonds is 10. The number of carbonyl (C=O) groups excluding carboxylic acids is 2. The Morgan fingerprint density at radius 2 is 1.90 bits per heavy atom. The number of hydrogen-bond acceptors (Lipinski definition) is 7. The lowest BCUT2D eigenvalue weighted by atomic mass is 10.1. The topological polar surface area (TPSA) is 130 Å². The van der Waals surface area contributed by atoms with E-state index in [1.54, 1.807) is 52.0 Å². The molecule has 0 spiro atoms. The van der Waals surface area contributed by atoms with Gasteiger partial charge in [0.2, 0.25) is 21.8 Å². The van der Waals surface area contributed by atoms with E-state index in [1.807, 2.05) is 0 Å². The molecule has 30 heavy (non-hydrogen) atoms. The van der Waals surface area contributed by atoms with Gasteiger partial charge in [0.1, 0.15) is 5.76 Å². The standard InChI is InChI=1S/C19H26N4O5S2/c1-5-9-30(26,27)23-16-8-6-7-15(13(16)3)20-18(24)11-29-14(4)19(25)21-17-10-12(2)28-22-17/h6-8,10,14,23H,5,9,11H2,1-4H3,(H,20,24)(H,21,22,25). The normalized spacial score (nSPS) is 12.3. The van der Waals surface area contributed by atoms with Gasteiger partial charge in [0.05, 0.1) is 22.4 Å². The third-order valence-corrected chi connectivity index (χ3v) is 6.68. The van der Waals surface area contributed by atoms with Gasteiger partial charge in [0.25, 0.3) is 0 Å². The molecular formula is C19H26N4O5S2. The molecule has 1 aromatic heterocycles. The van der Waals surface area contributed by atoms with Crippen molar-refractivity contribution in [2.75, 3.05) is 26.9 Å². The summed E-state index contributed by atoms with van der Waals surface area (Å²) >= 11 is 1.17. The number of aryl methyl sites for hydroxylation is 1. The molecule has 1 unspecified atom stereocenters. The Hall–Kier alpha value is -2.53. The Kier molecular flexibility index (Phi) is 8.30. The fraction of sp³-hybridized carbons (Fsp3) is 0.421. The van der Waals surface area contributed by atoms with Crippen molar-refractivity contribution in [1.82, 2.24) is 5.16 Å². The average molecular weight is 455 g/mol. The second kappa shape index (κ2) is 10.5. The molecule has 1 heterocycles. The van der Waals surface area contributed by atoms with Gasteiger partial charge in [-0.3, -0.25) is 14.3 Å². The van der Waals surface area contributed by atoms with Crippen molar-refractivity contribution in [3.8, 4) is 0 Å². The summed E-state index contributed by atoms with van der Waals surface area (Å²) in [5.74, 6) is 0.399. The lowest BCUT2D eigenvalue weighted by Crippen LogP contribution is -2.25. The van der Waals surface area contributed by atoms with Crippen LogP contribution in [0.4, 0.5) is 17.2 Å². The van der Waals surface area contributed by atoms with Gasteiger partial charge in [-0.2, -0.15) is 0 Å². The SMILES string of the molecule is CCCS(=O)(=O)Nc1cccc(NC(=O)CSC(C)C(=O)Nc2cc(C)on2)c1C. The number of nitrogens with zero attached hydrogens (tertiary/aromatic N) is 1. The molecule has 164 valence electrons. The molecule has 2 aromatic rings. The molecule has 2 rings (SSSR count). The summed E-state index contributed by atoms with van der Waals surface area (Å²) in [7, 11) is -3.43. The summed E-state index contributed by atoms with van der Waals surface area (Å²) in [6, 6.07) is 6.60. The van der Waals surface area contributed by atoms with Gasteiger partial charge < -0.3 is 15.2 Å². The van der Waals surface area contributed by atoms with Crippen molar-refractivity contribution in [3.05, 3.63) is 35.6 Å². The van der Waals surface area contributed by atoms with Gasteiger partial charge in [-0.05, 0) is 44.9 Å². The molecule has 1 aromatic carbocycles. The number of thioether (sulfide) groups is 1. The van der Waals surface area contributed by atoms with E-state index in [0.717, 1.165) is 0 Å². The Bertz CT molecular complexity index is 1000. The first-order valence-electron chi connectivity index (χ1n) is 9.37. The lowest BCUT2D eigenvalue weighted by Gasteiger charge is -2.15. The predicted octanol–water partition coefficient (Wildman–Crippen LogP) is 3.14. The Balaban J connectivity index is 1.91. The van der Waals surface area contributed by atoms with Crippen LogP contribution in [0.5, 0.6) is 0 Å². The van der Waals surface area contributed by atoms with Crippen molar-refractivity contribution < 1.29 is 22.5 Å². The molecule has 3 N–H and O–H groups in total. The van der Waals surface area contributed by atoms with Crippen LogP contribution in [0.2, 0.25) is 0 Å². The van der Waals surface area contributed by atoms with Crippen molar-refractivity contribution >= 4 is 50.8 Å². The van der Waals surface area contributed by atoms with E-state index in [9.17, 15) is 18.0 Å². The van der Waals surface area contributed by atoms with Gasteiger partial charge >= 0.3 is 0 Å². The first kappa shape index (κ1) is 23.7. The first-order chi connectivity index (χ1) is 14.1. The maximum Gasteiger partial charge on any atom is 0.238 e. The molecule has 0 fully saturated rings. The predicted molar refractivity (Wildman–Crippen MR) is 119 cm³/mol. The minimum absolute atomic E-state index is 0.0214. The van der Waals surface area contributed by atoms with Crippen LogP contribution in [-0.4, -0.2) is 42.1 Å². The van der Waals surface area contributed by atoms with Crippen LogP contribution in [0.1, 0.15) is 31.6 Å². The summed E-state index contributed by atoms with van der Waals surface area (Å²) < 4.78 is 31.5. The summed E-state index contributed by atoms with van der Waals surface area (Å²) in [4.78, 5) is 24.5. The largest absolute Gasteiger partial charge is 0.360 e. The highest BCUT2D eigenvalue weighted by atomic mass is 32.2. The molecule has 2 amide bonds. The smallest absolute Gasteiger partial charge is 0.238 e. The van der Waals surface area contributed by atoms with Gasteiger partial charge in [-0.15, -0.1) is 11.8 Å². The van der Waals surface area contributed by atoms with Crippen LogP contribution in [0.3, 0.4) is 0 Å².